The van der Waals surface area contributed by atoms with Gasteiger partial charge in [-0.25, -0.2) is 4.68 Å². The zero-order valence-electron chi connectivity index (χ0n) is 13.9. The lowest BCUT2D eigenvalue weighted by Gasteiger charge is -2.10. The average molecular weight is 323 g/mol. The molecule has 1 heterocycles. The molecule has 0 unspecified atom stereocenters. The summed E-state index contributed by atoms with van der Waals surface area (Å²) in [6, 6.07) is 16.4. The Hall–Kier alpha value is -2.89. The number of anilines is 1. The van der Waals surface area contributed by atoms with E-state index in [1.165, 1.54) is 11.1 Å². The van der Waals surface area contributed by atoms with Crippen LogP contribution in [0.1, 0.15) is 23.6 Å². The lowest BCUT2D eigenvalue weighted by atomic mass is 10.1. The van der Waals surface area contributed by atoms with E-state index < -0.39 is 0 Å². The molecule has 2 aromatic carbocycles. The van der Waals surface area contributed by atoms with Gasteiger partial charge in [0.05, 0.1) is 0 Å². The summed E-state index contributed by atoms with van der Waals surface area (Å²) < 4.78 is 7.62. The third kappa shape index (κ3) is 4.10. The minimum atomic E-state index is 0.562. The molecule has 24 heavy (non-hydrogen) atoms. The van der Waals surface area contributed by atoms with E-state index in [1.807, 2.05) is 37.3 Å². The highest BCUT2D eigenvalue weighted by Crippen LogP contribution is 2.16. The fraction of sp³-hybridized carbons (Fsp3) is 0.278. The number of ether oxygens (including phenoxy) is 1. The molecule has 0 spiro atoms. The molecule has 0 saturated carbocycles. The second-order valence-corrected chi connectivity index (χ2v) is 5.60. The molecule has 6 heteroatoms. The molecule has 0 aliphatic rings. The van der Waals surface area contributed by atoms with Crippen LogP contribution in [0.15, 0.2) is 48.5 Å². The molecule has 0 aliphatic heterocycles. The maximum Gasteiger partial charge on any atom is 0.243 e. The smallest absolute Gasteiger partial charge is 0.243 e. The Bertz CT molecular complexity index is 799. The molecule has 0 atom stereocenters. The SMILES string of the molecule is CCn1nnnc1NCc1cccc(OCc2cccc(C)c2)c1. The number of nitrogens with zero attached hydrogens (tertiary/aromatic N) is 4. The molecular formula is C18H21N5O. The number of nitrogens with one attached hydrogen (secondary N) is 1. The standard InChI is InChI=1S/C18H21N5O/c1-3-23-18(20-21-22-23)19-12-15-7-5-9-17(11-15)24-13-16-8-4-6-14(2)10-16/h4-11H,3,12-13H2,1-2H3,(H,19,20,22). The monoisotopic (exact) mass is 323 g/mol. The summed E-state index contributed by atoms with van der Waals surface area (Å²) in [4.78, 5) is 0. The Morgan fingerprint density at radius 2 is 1.92 bits per heavy atom. The third-order valence-corrected chi connectivity index (χ3v) is 3.67. The van der Waals surface area contributed by atoms with Crippen LogP contribution in [-0.4, -0.2) is 20.2 Å². The first-order valence-electron chi connectivity index (χ1n) is 8.02. The van der Waals surface area contributed by atoms with Crippen molar-refractivity contribution in [3.63, 3.8) is 0 Å². The van der Waals surface area contributed by atoms with Gasteiger partial charge in [0.1, 0.15) is 12.4 Å². The number of tetrazole rings is 1. The van der Waals surface area contributed by atoms with Crippen molar-refractivity contribution >= 4 is 5.95 Å². The molecular weight excluding hydrogens is 302 g/mol. The van der Waals surface area contributed by atoms with Gasteiger partial charge < -0.3 is 10.1 Å². The summed E-state index contributed by atoms with van der Waals surface area (Å²) in [5, 5.41) is 14.8. The Morgan fingerprint density at radius 3 is 2.75 bits per heavy atom. The number of rotatable bonds is 7. The van der Waals surface area contributed by atoms with Gasteiger partial charge in [0.15, 0.2) is 0 Å². The van der Waals surface area contributed by atoms with E-state index in [1.54, 1.807) is 4.68 Å². The van der Waals surface area contributed by atoms with Crippen molar-refractivity contribution in [2.45, 2.75) is 33.5 Å². The lowest BCUT2D eigenvalue weighted by Crippen LogP contribution is -2.08. The van der Waals surface area contributed by atoms with E-state index in [2.05, 4.69) is 46.0 Å². The molecule has 0 bridgehead atoms. The molecule has 3 rings (SSSR count). The Labute approximate surface area is 141 Å². The van der Waals surface area contributed by atoms with E-state index in [-0.39, 0.29) is 0 Å². The van der Waals surface area contributed by atoms with Crippen molar-refractivity contribution < 1.29 is 4.74 Å². The van der Waals surface area contributed by atoms with Crippen LogP contribution in [-0.2, 0) is 19.7 Å². The molecule has 1 aromatic heterocycles. The third-order valence-electron chi connectivity index (χ3n) is 3.67. The summed E-state index contributed by atoms with van der Waals surface area (Å²) >= 11 is 0. The quantitative estimate of drug-likeness (QED) is 0.723. The van der Waals surface area contributed by atoms with Gasteiger partial charge in [0.25, 0.3) is 0 Å². The van der Waals surface area contributed by atoms with Crippen molar-refractivity contribution in [2.24, 2.45) is 0 Å². The highest BCUT2D eigenvalue weighted by atomic mass is 16.5. The summed E-state index contributed by atoms with van der Waals surface area (Å²) in [7, 11) is 0. The largest absolute Gasteiger partial charge is 0.489 e. The maximum absolute atomic E-state index is 5.90. The second kappa shape index (κ2) is 7.59. The highest BCUT2D eigenvalue weighted by Gasteiger charge is 2.04. The molecule has 0 fully saturated rings. The predicted molar refractivity (Wildman–Crippen MR) is 92.8 cm³/mol. The molecule has 0 amide bonds. The van der Waals surface area contributed by atoms with Gasteiger partial charge in [-0.3, -0.25) is 0 Å². The van der Waals surface area contributed by atoms with Crippen LogP contribution in [0.2, 0.25) is 0 Å². The number of benzene rings is 2. The molecule has 0 radical (unpaired) electrons. The van der Waals surface area contributed by atoms with E-state index >= 15 is 0 Å². The fourth-order valence-electron chi connectivity index (χ4n) is 2.44. The van der Waals surface area contributed by atoms with Crippen LogP contribution >= 0.6 is 0 Å². The minimum absolute atomic E-state index is 0.562. The van der Waals surface area contributed by atoms with E-state index in [0.717, 1.165) is 17.9 Å². The van der Waals surface area contributed by atoms with Crippen molar-refractivity contribution in [1.29, 1.82) is 0 Å². The fourth-order valence-corrected chi connectivity index (χ4v) is 2.44. The first-order chi connectivity index (χ1) is 11.7. The number of hydrogen-bond acceptors (Lipinski definition) is 5. The lowest BCUT2D eigenvalue weighted by molar-refractivity contribution is 0.306. The summed E-state index contributed by atoms with van der Waals surface area (Å²) in [5.74, 6) is 1.52. The maximum atomic E-state index is 5.90. The van der Waals surface area contributed by atoms with Gasteiger partial charge in [-0.1, -0.05) is 47.1 Å². The Kier molecular flexibility index (Phi) is 5.05. The predicted octanol–water partition coefficient (Wildman–Crippen LogP) is 3.19. The van der Waals surface area contributed by atoms with Crippen LogP contribution in [0, 0.1) is 6.92 Å². The second-order valence-electron chi connectivity index (χ2n) is 5.60. The van der Waals surface area contributed by atoms with Crippen molar-refractivity contribution in [3.05, 3.63) is 65.2 Å². The zero-order valence-corrected chi connectivity index (χ0v) is 13.9. The molecule has 0 aliphatic carbocycles. The van der Waals surface area contributed by atoms with Crippen molar-refractivity contribution in [2.75, 3.05) is 5.32 Å². The number of aromatic nitrogens is 4. The molecule has 3 aromatic rings. The van der Waals surface area contributed by atoms with Crippen LogP contribution in [0.4, 0.5) is 5.95 Å². The van der Waals surface area contributed by atoms with Crippen molar-refractivity contribution in [3.8, 4) is 5.75 Å². The van der Waals surface area contributed by atoms with Gasteiger partial charge in [0, 0.05) is 13.1 Å². The van der Waals surface area contributed by atoms with E-state index in [4.69, 9.17) is 4.74 Å². The van der Waals surface area contributed by atoms with Crippen molar-refractivity contribution in [1.82, 2.24) is 20.2 Å². The molecule has 124 valence electrons. The summed E-state index contributed by atoms with van der Waals surface area (Å²) in [6.45, 7) is 6.02. The van der Waals surface area contributed by atoms with Gasteiger partial charge in [0.2, 0.25) is 5.95 Å². The van der Waals surface area contributed by atoms with Gasteiger partial charge >= 0.3 is 0 Å². The molecule has 0 saturated heterocycles. The van der Waals surface area contributed by atoms with Crippen LogP contribution in [0.5, 0.6) is 5.75 Å². The van der Waals surface area contributed by atoms with Crippen LogP contribution < -0.4 is 10.1 Å². The summed E-state index contributed by atoms with van der Waals surface area (Å²) in [5.41, 5.74) is 3.52. The van der Waals surface area contributed by atoms with E-state index in [9.17, 15) is 0 Å². The first-order valence-corrected chi connectivity index (χ1v) is 8.02. The van der Waals surface area contributed by atoms with Crippen LogP contribution in [0.25, 0.3) is 0 Å². The molecule has 1 N–H and O–H groups in total. The van der Waals surface area contributed by atoms with E-state index in [0.29, 0.717) is 19.1 Å². The van der Waals surface area contributed by atoms with Crippen LogP contribution in [0.3, 0.4) is 0 Å². The first kappa shape index (κ1) is 16.0. The zero-order chi connectivity index (χ0) is 16.8. The Balaban J connectivity index is 1.59. The highest BCUT2D eigenvalue weighted by molar-refractivity contribution is 5.32. The van der Waals surface area contributed by atoms with Gasteiger partial charge in [-0.15, -0.1) is 0 Å². The number of hydrogen-bond donors (Lipinski definition) is 1. The van der Waals surface area contributed by atoms with Gasteiger partial charge in [-0.05, 0) is 47.5 Å². The molecule has 6 nitrogen and oxygen atoms in total. The Morgan fingerprint density at radius 1 is 1.08 bits per heavy atom. The van der Waals surface area contributed by atoms with Gasteiger partial charge in [-0.2, -0.15) is 0 Å². The normalized spacial score (nSPS) is 10.6. The average Bonchev–Trinajstić information content (AvgIpc) is 3.06. The minimum Gasteiger partial charge on any atom is -0.489 e. The summed E-state index contributed by atoms with van der Waals surface area (Å²) in [6.07, 6.45) is 0. The number of aryl methyl sites for hydroxylation is 2. The topological polar surface area (TPSA) is 64.9 Å².